The summed E-state index contributed by atoms with van der Waals surface area (Å²) in [7, 11) is 0. The number of anilines is 2. The van der Waals surface area contributed by atoms with E-state index in [1.807, 2.05) is 17.9 Å². The van der Waals surface area contributed by atoms with Crippen LogP contribution in [-0.2, 0) is 4.74 Å². The highest BCUT2D eigenvalue weighted by atomic mass is 16.6. The molecule has 2 aromatic carbocycles. The lowest BCUT2D eigenvalue weighted by atomic mass is 10.1. The van der Waals surface area contributed by atoms with Gasteiger partial charge in [0.2, 0.25) is 0 Å². The molecule has 1 aliphatic rings. The third kappa shape index (κ3) is 4.89. The number of hydrogen-bond donors (Lipinski definition) is 2. The van der Waals surface area contributed by atoms with E-state index in [1.165, 1.54) is 6.07 Å². The molecule has 1 aliphatic heterocycles. The standard InChI is InChI=1S/C22H25N3O5/c1-3-30-22(29)25-11-9-24(10-12-25)19-8-7-17(14-18(19)21(27)28)23-20(26)16-6-4-5-15(2)13-16/h4-8,13-14H,3,9-12H2,1-2H3,(H,23,26)(H,27,28). The SMILES string of the molecule is CCOC(=O)N1CCN(c2ccc(NC(=O)c3cccc(C)c3)cc2C(=O)O)CC1. The molecule has 158 valence electrons. The number of nitrogens with one attached hydrogen (secondary N) is 1. The highest BCUT2D eigenvalue weighted by Crippen LogP contribution is 2.26. The summed E-state index contributed by atoms with van der Waals surface area (Å²) in [5.41, 5.74) is 2.53. The van der Waals surface area contributed by atoms with Crippen LogP contribution in [0.3, 0.4) is 0 Å². The molecule has 3 rings (SSSR count). The molecule has 1 fully saturated rings. The molecule has 0 aliphatic carbocycles. The van der Waals surface area contributed by atoms with Crippen LogP contribution in [0.1, 0.15) is 33.2 Å². The van der Waals surface area contributed by atoms with Gasteiger partial charge in [-0.05, 0) is 44.2 Å². The topological polar surface area (TPSA) is 99.2 Å². The summed E-state index contributed by atoms with van der Waals surface area (Å²) in [6.07, 6.45) is -0.357. The van der Waals surface area contributed by atoms with Crippen LogP contribution in [0, 0.1) is 6.92 Å². The summed E-state index contributed by atoms with van der Waals surface area (Å²) >= 11 is 0. The Hall–Kier alpha value is -3.55. The van der Waals surface area contributed by atoms with Crippen molar-refractivity contribution in [3.05, 3.63) is 59.2 Å². The number of carbonyl (C=O) groups excluding carboxylic acids is 2. The van der Waals surface area contributed by atoms with Crippen LogP contribution in [0.15, 0.2) is 42.5 Å². The Kier molecular flexibility index (Phi) is 6.56. The van der Waals surface area contributed by atoms with Crippen LogP contribution in [0.4, 0.5) is 16.2 Å². The van der Waals surface area contributed by atoms with Gasteiger partial charge in [-0.1, -0.05) is 17.7 Å². The van der Waals surface area contributed by atoms with Crippen LogP contribution >= 0.6 is 0 Å². The quantitative estimate of drug-likeness (QED) is 0.784. The predicted molar refractivity (Wildman–Crippen MR) is 113 cm³/mol. The van der Waals surface area contributed by atoms with E-state index in [0.29, 0.717) is 49.7 Å². The molecule has 30 heavy (non-hydrogen) atoms. The summed E-state index contributed by atoms with van der Waals surface area (Å²) in [5, 5.41) is 12.5. The fourth-order valence-electron chi connectivity index (χ4n) is 3.40. The highest BCUT2D eigenvalue weighted by Gasteiger charge is 2.25. The lowest BCUT2D eigenvalue weighted by Gasteiger charge is -2.36. The van der Waals surface area contributed by atoms with Gasteiger partial charge >= 0.3 is 12.1 Å². The zero-order valence-corrected chi connectivity index (χ0v) is 17.1. The second-order valence-corrected chi connectivity index (χ2v) is 7.03. The first-order valence-corrected chi connectivity index (χ1v) is 9.81. The van der Waals surface area contributed by atoms with Gasteiger partial charge in [-0.2, -0.15) is 0 Å². The van der Waals surface area contributed by atoms with Crippen molar-refractivity contribution >= 4 is 29.3 Å². The van der Waals surface area contributed by atoms with Crippen LogP contribution < -0.4 is 10.2 Å². The van der Waals surface area contributed by atoms with Crippen LogP contribution in [0.25, 0.3) is 0 Å². The van der Waals surface area contributed by atoms with E-state index in [1.54, 1.807) is 42.2 Å². The van der Waals surface area contributed by atoms with Gasteiger partial charge in [0.1, 0.15) is 0 Å². The lowest BCUT2D eigenvalue weighted by molar-refractivity contribution is 0.0696. The molecule has 0 radical (unpaired) electrons. The molecule has 0 bridgehead atoms. The molecule has 2 amide bonds. The maximum Gasteiger partial charge on any atom is 0.409 e. The number of aromatic carboxylic acids is 1. The number of carboxylic acid groups (broad SMARTS) is 1. The van der Waals surface area contributed by atoms with Crippen molar-refractivity contribution in [3.63, 3.8) is 0 Å². The summed E-state index contributed by atoms with van der Waals surface area (Å²) in [4.78, 5) is 39.7. The average Bonchev–Trinajstić information content (AvgIpc) is 2.74. The molecule has 0 aromatic heterocycles. The molecule has 2 aromatic rings. The molecular formula is C22H25N3O5. The maximum absolute atomic E-state index is 12.5. The first-order chi connectivity index (χ1) is 14.4. The number of hydrogen-bond acceptors (Lipinski definition) is 5. The van der Waals surface area contributed by atoms with E-state index in [4.69, 9.17) is 4.74 Å². The molecule has 1 heterocycles. The fourth-order valence-corrected chi connectivity index (χ4v) is 3.40. The number of carboxylic acids is 1. The normalized spacial score (nSPS) is 13.7. The van der Waals surface area contributed by atoms with Crippen molar-refractivity contribution in [2.45, 2.75) is 13.8 Å². The third-order valence-corrected chi connectivity index (χ3v) is 4.91. The number of carbonyl (C=O) groups is 3. The molecule has 8 nitrogen and oxygen atoms in total. The summed E-state index contributed by atoms with van der Waals surface area (Å²) in [5.74, 6) is -1.38. The van der Waals surface area contributed by atoms with E-state index in [9.17, 15) is 19.5 Å². The molecule has 2 N–H and O–H groups in total. The number of rotatable bonds is 5. The van der Waals surface area contributed by atoms with Crippen molar-refractivity contribution in [2.24, 2.45) is 0 Å². The Bertz CT molecular complexity index is 952. The lowest BCUT2D eigenvalue weighted by Crippen LogP contribution is -2.49. The smallest absolute Gasteiger partial charge is 0.409 e. The summed E-state index contributed by atoms with van der Waals surface area (Å²) < 4.78 is 5.01. The molecule has 1 saturated heterocycles. The largest absolute Gasteiger partial charge is 0.478 e. The Balaban J connectivity index is 1.74. The minimum absolute atomic E-state index is 0.0987. The van der Waals surface area contributed by atoms with Crippen molar-refractivity contribution < 1.29 is 24.2 Å². The Morgan fingerprint density at radius 1 is 1.07 bits per heavy atom. The van der Waals surface area contributed by atoms with Gasteiger partial charge in [0.25, 0.3) is 5.91 Å². The molecule has 0 saturated carbocycles. The molecule has 8 heteroatoms. The van der Waals surface area contributed by atoms with E-state index >= 15 is 0 Å². The number of nitrogens with zero attached hydrogens (tertiary/aromatic N) is 2. The van der Waals surface area contributed by atoms with Crippen LogP contribution in [0.2, 0.25) is 0 Å². The first-order valence-electron chi connectivity index (χ1n) is 9.81. The van der Waals surface area contributed by atoms with Gasteiger partial charge in [0.05, 0.1) is 17.9 Å². The second kappa shape index (κ2) is 9.30. The van der Waals surface area contributed by atoms with E-state index in [0.717, 1.165) is 5.56 Å². The summed E-state index contributed by atoms with van der Waals surface area (Å²) in [6, 6.07) is 12.0. The molecule has 0 atom stereocenters. The van der Waals surface area contributed by atoms with Gasteiger partial charge in [-0.3, -0.25) is 4.79 Å². The van der Waals surface area contributed by atoms with E-state index in [-0.39, 0.29) is 17.6 Å². The van der Waals surface area contributed by atoms with Gasteiger partial charge in [0.15, 0.2) is 0 Å². The minimum atomic E-state index is -1.08. The van der Waals surface area contributed by atoms with Crippen molar-refractivity contribution in [3.8, 4) is 0 Å². The van der Waals surface area contributed by atoms with Gasteiger partial charge in [-0.15, -0.1) is 0 Å². The zero-order valence-electron chi connectivity index (χ0n) is 17.1. The minimum Gasteiger partial charge on any atom is -0.478 e. The molecule has 0 spiro atoms. The van der Waals surface area contributed by atoms with Crippen LogP contribution in [0.5, 0.6) is 0 Å². The maximum atomic E-state index is 12.5. The van der Waals surface area contributed by atoms with Crippen molar-refractivity contribution in [1.82, 2.24) is 4.90 Å². The molecule has 0 unspecified atom stereocenters. The zero-order chi connectivity index (χ0) is 21.7. The monoisotopic (exact) mass is 411 g/mol. The van der Waals surface area contributed by atoms with Crippen molar-refractivity contribution in [1.29, 1.82) is 0 Å². The third-order valence-electron chi connectivity index (χ3n) is 4.91. The van der Waals surface area contributed by atoms with Crippen molar-refractivity contribution in [2.75, 3.05) is 43.0 Å². The molecular weight excluding hydrogens is 386 g/mol. The number of benzene rings is 2. The summed E-state index contributed by atoms with van der Waals surface area (Å²) in [6.45, 7) is 5.86. The van der Waals surface area contributed by atoms with Gasteiger partial charge < -0.3 is 25.0 Å². The predicted octanol–water partition coefficient (Wildman–Crippen LogP) is 3.22. The Morgan fingerprint density at radius 2 is 1.80 bits per heavy atom. The Labute approximate surface area is 175 Å². The first kappa shape index (κ1) is 21.2. The second-order valence-electron chi connectivity index (χ2n) is 7.03. The van der Waals surface area contributed by atoms with E-state index in [2.05, 4.69) is 5.32 Å². The Morgan fingerprint density at radius 3 is 2.43 bits per heavy atom. The van der Waals surface area contributed by atoms with E-state index < -0.39 is 5.97 Å². The fraction of sp³-hybridized carbons (Fsp3) is 0.318. The van der Waals surface area contributed by atoms with Gasteiger partial charge in [-0.25, -0.2) is 9.59 Å². The number of ether oxygens (including phenoxy) is 1. The van der Waals surface area contributed by atoms with Gasteiger partial charge in [0, 0.05) is 37.4 Å². The van der Waals surface area contributed by atoms with Crippen LogP contribution in [-0.4, -0.2) is 60.8 Å². The average molecular weight is 411 g/mol. The number of piperazine rings is 1. The highest BCUT2D eigenvalue weighted by molar-refractivity contribution is 6.05. The number of aryl methyl sites for hydroxylation is 1. The number of amides is 2.